The van der Waals surface area contributed by atoms with Gasteiger partial charge in [-0.3, -0.25) is 9.59 Å². The smallest absolute Gasteiger partial charge is 0.315 e. The number of amides is 1. The van der Waals surface area contributed by atoms with Crippen molar-refractivity contribution in [2.75, 3.05) is 16.8 Å². The van der Waals surface area contributed by atoms with E-state index in [9.17, 15) is 9.59 Å². The highest BCUT2D eigenvalue weighted by atomic mass is 16.4. The van der Waals surface area contributed by atoms with Crippen LogP contribution in [0.2, 0.25) is 0 Å². The Morgan fingerprint density at radius 2 is 2.10 bits per heavy atom. The van der Waals surface area contributed by atoms with Crippen LogP contribution in [0.15, 0.2) is 24.3 Å². The summed E-state index contributed by atoms with van der Waals surface area (Å²) < 4.78 is 0. The third-order valence-electron chi connectivity index (χ3n) is 4.64. The van der Waals surface area contributed by atoms with Crippen molar-refractivity contribution >= 4 is 23.3 Å². The number of benzene rings is 1. The first kappa shape index (κ1) is 13.9. The Balaban J connectivity index is 1.80. The highest BCUT2D eigenvalue weighted by Crippen LogP contribution is 2.42. The molecule has 21 heavy (non-hydrogen) atoms. The number of nitrogens with one attached hydrogen (secondary N) is 1. The summed E-state index contributed by atoms with van der Waals surface area (Å²) >= 11 is 0. The second kappa shape index (κ2) is 5.39. The number of carbonyl (C=O) groups excluding carboxylic acids is 1. The molecular weight excluding hydrogens is 268 g/mol. The largest absolute Gasteiger partial charge is 0.481 e. The zero-order chi connectivity index (χ0) is 15.0. The average Bonchev–Trinajstić information content (AvgIpc) is 3.09. The van der Waals surface area contributed by atoms with Crippen LogP contribution < -0.4 is 10.2 Å². The summed E-state index contributed by atoms with van der Waals surface area (Å²) in [6.07, 6.45) is 3.73. The molecule has 2 aliphatic rings. The lowest BCUT2D eigenvalue weighted by atomic mass is 10.1. The van der Waals surface area contributed by atoms with Crippen LogP contribution in [0.3, 0.4) is 0 Å². The second-order valence-electron chi connectivity index (χ2n) is 6.05. The SMILES string of the molecule is CC(C(=O)O)C(=O)Nc1ccccc1N1CC2CCC1C2. The van der Waals surface area contributed by atoms with Gasteiger partial charge in [0.2, 0.25) is 5.91 Å². The van der Waals surface area contributed by atoms with Gasteiger partial charge >= 0.3 is 5.97 Å². The van der Waals surface area contributed by atoms with Gasteiger partial charge < -0.3 is 15.3 Å². The molecule has 2 bridgehead atoms. The van der Waals surface area contributed by atoms with E-state index in [0.29, 0.717) is 11.7 Å². The molecule has 5 heteroatoms. The molecule has 1 amide bonds. The van der Waals surface area contributed by atoms with Gasteiger partial charge in [-0.05, 0) is 44.2 Å². The van der Waals surface area contributed by atoms with E-state index in [1.54, 1.807) is 0 Å². The maximum absolute atomic E-state index is 12.0. The first-order valence-electron chi connectivity index (χ1n) is 7.45. The number of hydrogen-bond acceptors (Lipinski definition) is 3. The van der Waals surface area contributed by atoms with Gasteiger partial charge in [-0.25, -0.2) is 0 Å². The molecule has 1 saturated carbocycles. The summed E-state index contributed by atoms with van der Waals surface area (Å²) in [5, 5.41) is 11.7. The van der Waals surface area contributed by atoms with Gasteiger partial charge in [0.25, 0.3) is 0 Å². The van der Waals surface area contributed by atoms with Crippen molar-refractivity contribution in [3.05, 3.63) is 24.3 Å². The highest BCUT2D eigenvalue weighted by Gasteiger charge is 2.38. The molecule has 3 unspecified atom stereocenters. The lowest BCUT2D eigenvalue weighted by Gasteiger charge is -2.31. The Morgan fingerprint density at radius 1 is 1.33 bits per heavy atom. The number of anilines is 2. The molecule has 1 aliphatic heterocycles. The fourth-order valence-corrected chi connectivity index (χ4v) is 3.40. The molecule has 112 valence electrons. The molecule has 0 aromatic heterocycles. The highest BCUT2D eigenvalue weighted by molar-refractivity contribution is 6.05. The molecule has 0 radical (unpaired) electrons. The number of fused-ring (bicyclic) bond motifs is 2. The van der Waals surface area contributed by atoms with Gasteiger partial charge in [0, 0.05) is 12.6 Å². The quantitative estimate of drug-likeness (QED) is 0.834. The van der Waals surface area contributed by atoms with Crippen molar-refractivity contribution in [1.29, 1.82) is 0 Å². The molecule has 2 fully saturated rings. The summed E-state index contributed by atoms with van der Waals surface area (Å²) in [4.78, 5) is 25.2. The van der Waals surface area contributed by atoms with Gasteiger partial charge in [0.1, 0.15) is 5.92 Å². The van der Waals surface area contributed by atoms with Gasteiger partial charge in [-0.1, -0.05) is 12.1 Å². The van der Waals surface area contributed by atoms with Crippen LogP contribution in [0.4, 0.5) is 11.4 Å². The molecule has 1 aromatic carbocycles. The monoisotopic (exact) mass is 288 g/mol. The number of nitrogens with zero attached hydrogens (tertiary/aromatic N) is 1. The number of para-hydroxylation sites is 2. The minimum atomic E-state index is -1.11. The van der Waals surface area contributed by atoms with Crippen LogP contribution in [0.25, 0.3) is 0 Å². The molecule has 5 nitrogen and oxygen atoms in total. The number of hydrogen-bond donors (Lipinski definition) is 2. The van der Waals surface area contributed by atoms with Crippen LogP contribution in [0.5, 0.6) is 0 Å². The topological polar surface area (TPSA) is 69.6 Å². The van der Waals surface area contributed by atoms with Crippen molar-refractivity contribution in [2.24, 2.45) is 11.8 Å². The molecule has 0 spiro atoms. The molecule has 1 aromatic rings. The summed E-state index contributed by atoms with van der Waals surface area (Å²) in [7, 11) is 0. The van der Waals surface area contributed by atoms with Crippen LogP contribution in [0.1, 0.15) is 26.2 Å². The predicted octanol–water partition coefficient (Wildman–Crippen LogP) is 2.33. The standard InChI is InChI=1S/C16H20N2O3/c1-10(16(20)21)15(19)17-13-4-2-3-5-14(13)18-9-11-6-7-12(18)8-11/h2-5,10-12H,6-9H2,1H3,(H,17,19)(H,20,21). The molecule has 1 saturated heterocycles. The van der Waals surface area contributed by atoms with Crippen molar-refractivity contribution in [3.8, 4) is 0 Å². The zero-order valence-electron chi connectivity index (χ0n) is 12.1. The Morgan fingerprint density at radius 3 is 2.71 bits per heavy atom. The Hall–Kier alpha value is -2.04. The van der Waals surface area contributed by atoms with Gasteiger partial charge in [-0.15, -0.1) is 0 Å². The third-order valence-corrected chi connectivity index (χ3v) is 4.64. The number of carboxylic acid groups (broad SMARTS) is 1. The summed E-state index contributed by atoms with van der Waals surface area (Å²) in [6.45, 7) is 2.43. The Labute approximate surface area is 123 Å². The first-order valence-corrected chi connectivity index (χ1v) is 7.45. The zero-order valence-corrected chi connectivity index (χ0v) is 12.1. The lowest BCUT2D eigenvalue weighted by molar-refractivity contribution is -0.144. The first-order chi connectivity index (χ1) is 10.1. The number of aliphatic carboxylic acids is 1. The third kappa shape index (κ3) is 2.60. The normalized spacial score (nSPS) is 24.9. The predicted molar refractivity (Wildman–Crippen MR) is 80.3 cm³/mol. The second-order valence-corrected chi connectivity index (χ2v) is 6.05. The van der Waals surface area contributed by atoms with E-state index in [1.807, 2.05) is 24.3 Å². The summed E-state index contributed by atoms with van der Waals surface area (Å²) in [5.74, 6) is -1.87. The van der Waals surface area contributed by atoms with E-state index >= 15 is 0 Å². The molecule has 3 atom stereocenters. The minimum absolute atomic E-state index is 0.473. The number of carbonyl (C=O) groups is 2. The molecule has 3 rings (SSSR count). The van der Waals surface area contributed by atoms with Gasteiger partial charge in [0.05, 0.1) is 11.4 Å². The molecule has 1 heterocycles. The lowest BCUT2D eigenvalue weighted by Crippen LogP contribution is -2.33. The van der Waals surface area contributed by atoms with Crippen molar-refractivity contribution in [3.63, 3.8) is 0 Å². The number of rotatable bonds is 4. The van der Waals surface area contributed by atoms with Crippen molar-refractivity contribution < 1.29 is 14.7 Å². The van der Waals surface area contributed by atoms with E-state index < -0.39 is 17.8 Å². The molecule has 1 aliphatic carbocycles. The Kier molecular flexibility index (Phi) is 3.57. The fourth-order valence-electron chi connectivity index (χ4n) is 3.40. The number of carboxylic acids is 1. The van der Waals surface area contributed by atoms with Gasteiger partial charge in [-0.2, -0.15) is 0 Å². The molecule has 2 N–H and O–H groups in total. The summed E-state index contributed by atoms with van der Waals surface area (Å²) in [6, 6.07) is 8.22. The van der Waals surface area contributed by atoms with E-state index in [0.717, 1.165) is 18.2 Å². The molecular formula is C16H20N2O3. The van der Waals surface area contributed by atoms with Crippen molar-refractivity contribution in [1.82, 2.24) is 0 Å². The van der Waals surface area contributed by atoms with Crippen molar-refractivity contribution in [2.45, 2.75) is 32.2 Å². The minimum Gasteiger partial charge on any atom is -0.481 e. The van der Waals surface area contributed by atoms with E-state index in [4.69, 9.17) is 5.11 Å². The fraction of sp³-hybridized carbons (Fsp3) is 0.500. The number of piperidine rings is 1. The van der Waals surface area contributed by atoms with E-state index in [2.05, 4.69) is 10.2 Å². The Bertz CT molecular complexity index is 572. The van der Waals surface area contributed by atoms with Gasteiger partial charge in [0.15, 0.2) is 0 Å². The van der Waals surface area contributed by atoms with Crippen LogP contribution in [-0.4, -0.2) is 29.6 Å². The van der Waals surface area contributed by atoms with Crippen LogP contribution in [0, 0.1) is 11.8 Å². The van der Waals surface area contributed by atoms with Crippen LogP contribution >= 0.6 is 0 Å². The van der Waals surface area contributed by atoms with E-state index in [-0.39, 0.29) is 0 Å². The summed E-state index contributed by atoms with van der Waals surface area (Å²) in [5.41, 5.74) is 1.72. The van der Waals surface area contributed by atoms with E-state index in [1.165, 1.54) is 26.2 Å². The van der Waals surface area contributed by atoms with Crippen LogP contribution in [-0.2, 0) is 9.59 Å². The maximum atomic E-state index is 12.0. The maximum Gasteiger partial charge on any atom is 0.315 e. The average molecular weight is 288 g/mol.